The van der Waals surface area contributed by atoms with Crippen LogP contribution in [0.4, 0.5) is 10.1 Å². The Balaban J connectivity index is 2.26. The molecule has 0 atom stereocenters. The van der Waals surface area contributed by atoms with Gasteiger partial charge in [-0.25, -0.2) is 4.39 Å². The van der Waals surface area contributed by atoms with Gasteiger partial charge in [0.2, 0.25) is 0 Å². The van der Waals surface area contributed by atoms with Gasteiger partial charge in [0.05, 0.1) is 24.1 Å². The van der Waals surface area contributed by atoms with E-state index in [1.165, 1.54) is 12.3 Å². The third-order valence-electron chi connectivity index (χ3n) is 2.70. The maximum absolute atomic E-state index is 13.5. The normalized spacial score (nSPS) is 10.2. The largest absolute Gasteiger partial charge is 0.492 e. The van der Waals surface area contributed by atoms with E-state index in [0.29, 0.717) is 18.0 Å². The number of amides is 1. The van der Waals surface area contributed by atoms with Crippen LogP contribution in [0.3, 0.4) is 0 Å². The molecule has 0 aliphatic heterocycles. The third-order valence-corrected chi connectivity index (χ3v) is 2.70. The molecule has 1 amide bonds. The Bertz CT molecular complexity index is 629. The molecule has 0 aliphatic carbocycles. The standard InChI is InChI=1S/C15H15FN2O2/c1-3-20-14-8-10(2)4-5-13(14)18-15(19)11-6-7-17-9-12(11)16/h4-9H,3H2,1-2H3,(H,18,19). The van der Waals surface area contributed by atoms with E-state index in [9.17, 15) is 9.18 Å². The van der Waals surface area contributed by atoms with Crippen LogP contribution >= 0.6 is 0 Å². The number of hydrogen-bond donors (Lipinski definition) is 1. The highest BCUT2D eigenvalue weighted by molar-refractivity contribution is 6.05. The number of carbonyl (C=O) groups is 1. The van der Waals surface area contributed by atoms with Crippen LogP contribution in [0, 0.1) is 12.7 Å². The zero-order valence-electron chi connectivity index (χ0n) is 11.3. The van der Waals surface area contributed by atoms with Crippen molar-refractivity contribution in [1.82, 2.24) is 4.98 Å². The van der Waals surface area contributed by atoms with Gasteiger partial charge in [0.15, 0.2) is 5.82 Å². The summed E-state index contributed by atoms with van der Waals surface area (Å²) < 4.78 is 19.0. The topological polar surface area (TPSA) is 51.2 Å². The molecule has 0 spiro atoms. The first-order chi connectivity index (χ1) is 9.61. The Morgan fingerprint density at radius 3 is 2.90 bits per heavy atom. The lowest BCUT2D eigenvalue weighted by Gasteiger charge is -2.12. The van der Waals surface area contributed by atoms with E-state index in [0.717, 1.165) is 11.8 Å². The zero-order chi connectivity index (χ0) is 14.5. The van der Waals surface area contributed by atoms with E-state index in [1.807, 2.05) is 26.0 Å². The molecule has 0 aliphatic rings. The van der Waals surface area contributed by atoms with Crippen molar-refractivity contribution >= 4 is 11.6 Å². The predicted octanol–water partition coefficient (Wildman–Crippen LogP) is 3.18. The van der Waals surface area contributed by atoms with E-state index in [4.69, 9.17) is 4.74 Å². The van der Waals surface area contributed by atoms with Crippen LogP contribution < -0.4 is 10.1 Å². The highest BCUT2D eigenvalue weighted by atomic mass is 19.1. The summed E-state index contributed by atoms with van der Waals surface area (Å²) in [5.41, 5.74) is 1.48. The highest BCUT2D eigenvalue weighted by Crippen LogP contribution is 2.26. The average Bonchev–Trinajstić information content (AvgIpc) is 2.42. The van der Waals surface area contributed by atoms with Crippen LogP contribution in [0.1, 0.15) is 22.8 Å². The van der Waals surface area contributed by atoms with Crippen molar-refractivity contribution in [2.24, 2.45) is 0 Å². The number of carbonyl (C=O) groups excluding carboxylic acids is 1. The minimum Gasteiger partial charge on any atom is -0.492 e. The molecule has 5 heteroatoms. The molecule has 1 N–H and O–H groups in total. The van der Waals surface area contributed by atoms with Gasteiger partial charge in [-0.1, -0.05) is 6.07 Å². The number of pyridine rings is 1. The first-order valence-corrected chi connectivity index (χ1v) is 6.26. The molecule has 0 bridgehead atoms. The maximum atomic E-state index is 13.5. The number of halogens is 1. The molecule has 0 unspecified atom stereocenters. The van der Waals surface area contributed by atoms with E-state index in [2.05, 4.69) is 10.3 Å². The van der Waals surface area contributed by atoms with Crippen LogP contribution in [-0.2, 0) is 0 Å². The second kappa shape index (κ2) is 6.14. The molecule has 20 heavy (non-hydrogen) atoms. The number of nitrogens with zero attached hydrogens (tertiary/aromatic N) is 1. The van der Waals surface area contributed by atoms with Crippen molar-refractivity contribution in [2.45, 2.75) is 13.8 Å². The molecule has 1 aromatic carbocycles. The number of hydrogen-bond acceptors (Lipinski definition) is 3. The number of nitrogens with one attached hydrogen (secondary N) is 1. The molecule has 0 fully saturated rings. The van der Waals surface area contributed by atoms with Crippen LogP contribution in [-0.4, -0.2) is 17.5 Å². The summed E-state index contributed by atoms with van der Waals surface area (Å²) in [4.78, 5) is 15.7. The number of rotatable bonds is 4. The Hall–Kier alpha value is -2.43. The van der Waals surface area contributed by atoms with E-state index < -0.39 is 11.7 Å². The van der Waals surface area contributed by atoms with Crippen LogP contribution in [0.25, 0.3) is 0 Å². The van der Waals surface area contributed by atoms with Gasteiger partial charge < -0.3 is 10.1 Å². The van der Waals surface area contributed by atoms with E-state index >= 15 is 0 Å². The number of ether oxygens (including phenoxy) is 1. The van der Waals surface area contributed by atoms with Crippen LogP contribution in [0.5, 0.6) is 5.75 Å². The number of aryl methyl sites for hydroxylation is 1. The molecule has 2 aromatic rings. The zero-order valence-corrected chi connectivity index (χ0v) is 11.3. The van der Waals surface area contributed by atoms with Gasteiger partial charge in [0, 0.05) is 6.20 Å². The average molecular weight is 274 g/mol. The molecule has 4 nitrogen and oxygen atoms in total. The molecule has 0 saturated heterocycles. The summed E-state index contributed by atoms with van der Waals surface area (Å²) in [5, 5.41) is 2.65. The van der Waals surface area contributed by atoms with Gasteiger partial charge in [-0.05, 0) is 37.6 Å². The molecular formula is C15H15FN2O2. The fourth-order valence-electron chi connectivity index (χ4n) is 1.76. The highest BCUT2D eigenvalue weighted by Gasteiger charge is 2.13. The van der Waals surface area contributed by atoms with Crippen molar-refractivity contribution in [3.05, 3.63) is 53.6 Å². The SMILES string of the molecule is CCOc1cc(C)ccc1NC(=O)c1ccncc1F. The summed E-state index contributed by atoms with van der Waals surface area (Å²) >= 11 is 0. The Morgan fingerprint density at radius 1 is 1.40 bits per heavy atom. The summed E-state index contributed by atoms with van der Waals surface area (Å²) in [5.74, 6) is -0.625. The summed E-state index contributed by atoms with van der Waals surface area (Å²) in [6.07, 6.45) is 2.38. The first-order valence-electron chi connectivity index (χ1n) is 6.26. The fourth-order valence-corrected chi connectivity index (χ4v) is 1.76. The van der Waals surface area contributed by atoms with Gasteiger partial charge in [0.1, 0.15) is 5.75 Å². The molecule has 1 aromatic heterocycles. The van der Waals surface area contributed by atoms with Crippen LogP contribution in [0.15, 0.2) is 36.7 Å². The van der Waals surface area contributed by atoms with Gasteiger partial charge in [-0.3, -0.25) is 9.78 Å². The minimum absolute atomic E-state index is 0.0528. The van der Waals surface area contributed by atoms with E-state index in [-0.39, 0.29) is 5.56 Å². The number of benzene rings is 1. The van der Waals surface area contributed by atoms with Crippen LogP contribution in [0.2, 0.25) is 0 Å². The number of anilines is 1. The fraction of sp³-hybridized carbons (Fsp3) is 0.200. The smallest absolute Gasteiger partial charge is 0.258 e. The summed E-state index contributed by atoms with van der Waals surface area (Å²) in [7, 11) is 0. The minimum atomic E-state index is -0.657. The van der Waals surface area contributed by atoms with Gasteiger partial charge in [-0.2, -0.15) is 0 Å². The molecule has 104 valence electrons. The van der Waals surface area contributed by atoms with E-state index in [1.54, 1.807) is 6.07 Å². The quantitative estimate of drug-likeness (QED) is 0.931. The summed E-state index contributed by atoms with van der Waals surface area (Å²) in [6.45, 7) is 4.27. The maximum Gasteiger partial charge on any atom is 0.258 e. The lowest BCUT2D eigenvalue weighted by atomic mass is 10.2. The third kappa shape index (κ3) is 3.12. The molecule has 1 heterocycles. The lowest BCUT2D eigenvalue weighted by Crippen LogP contribution is -2.14. The van der Waals surface area contributed by atoms with Gasteiger partial charge in [0.25, 0.3) is 5.91 Å². The van der Waals surface area contributed by atoms with Crippen molar-refractivity contribution in [2.75, 3.05) is 11.9 Å². The molecule has 0 saturated carbocycles. The summed E-state index contributed by atoms with van der Waals surface area (Å²) in [6, 6.07) is 6.74. The Labute approximate surface area is 116 Å². The van der Waals surface area contributed by atoms with Crippen molar-refractivity contribution in [1.29, 1.82) is 0 Å². The number of aromatic nitrogens is 1. The lowest BCUT2D eigenvalue weighted by molar-refractivity contribution is 0.102. The van der Waals surface area contributed by atoms with Crippen molar-refractivity contribution < 1.29 is 13.9 Å². The second-order valence-electron chi connectivity index (χ2n) is 4.24. The second-order valence-corrected chi connectivity index (χ2v) is 4.24. The predicted molar refractivity (Wildman–Crippen MR) is 74.5 cm³/mol. The monoisotopic (exact) mass is 274 g/mol. The molecule has 2 rings (SSSR count). The molecular weight excluding hydrogens is 259 g/mol. The van der Waals surface area contributed by atoms with Gasteiger partial charge >= 0.3 is 0 Å². The molecule has 0 radical (unpaired) electrons. The van der Waals surface area contributed by atoms with Crippen molar-refractivity contribution in [3.8, 4) is 5.75 Å². The Morgan fingerprint density at radius 2 is 2.20 bits per heavy atom. The van der Waals surface area contributed by atoms with Crippen molar-refractivity contribution in [3.63, 3.8) is 0 Å². The Kier molecular flexibility index (Phi) is 4.30. The van der Waals surface area contributed by atoms with Gasteiger partial charge in [-0.15, -0.1) is 0 Å². The first kappa shape index (κ1) is 14.0.